The molecule has 0 atom stereocenters. The Morgan fingerprint density at radius 3 is 2.45 bits per heavy atom. The molecule has 1 aromatic rings. The zero-order valence-electron chi connectivity index (χ0n) is 6.01. The molecule has 0 aliphatic rings. The third-order valence-corrected chi connectivity index (χ3v) is 0.667. The number of carbonyl (C=O) groups is 1. The predicted octanol–water partition coefficient (Wildman–Crippen LogP) is -1.13. The first-order chi connectivity index (χ1) is 5.16. The Balaban J connectivity index is 0.000000187. The Morgan fingerprint density at radius 1 is 1.82 bits per heavy atom. The number of aliphatic carboxylic acids is 1. The average Bonchev–Trinajstić information content (AvgIpc) is 2.41. The van der Waals surface area contributed by atoms with E-state index in [2.05, 4.69) is 15.4 Å². The number of nitrogens with zero attached hydrogens (tertiary/aromatic N) is 4. The zero-order chi connectivity index (χ0) is 8.69. The zero-order valence-corrected chi connectivity index (χ0v) is 6.01. The average molecular weight is 159 g/mol. The molecule has 0 radical (unpaired) electrons. The highest BCUT2D eigenvalue weighted by atomic mass is 16.4. The van der Waals surface area contributed by atoms with E-state index in [-0.39, 0.29) is 6.42 Å². The van der Waals surface area contributed by atoms with Crippen LogP contribution in [0.4, 0.5) is 0 Å². The summed E-state index contributed by atoms with van der Waals surface area (Å²) in [6.45, 7) is 1.60. The number of nitrogen functional groups attached to an aromatic ring is 1. The summed E-state index contributed by atoms with van der Waals surface area (Å²) < 4.78 is 0. The lowest BCUT2D eigenvalue weighted by Crippen LogP contribution is -2.11. The van der Waals surface area contributed by atoms with E-state index in [4.69, 9.17) is 10.9 Å². The van der Waals surface area contributed by atoms with Crippen molar-refractivity contribution in [1.82, 2.24) is 20.3 Å². The van der Waals surface area contributed by atoms with E-state index < -0.39 is 5.97 Å². The lowest BCUT2D eigenvalue weighted by atomic mass is 10.5. The topological polar surface area (TPSA) is 107 Å². The molecule has 0 amide bonds. The summed E-state index contributed by atoms with van der Waals surface area (Å²) in [5.41, 5.74) is 0. The van der Waals surface area contributed by atoms with Crippen molar-refractivity contribution in [3.63, 3.8) is 0 Å². The van der Waals surface area contributed by atoms with E-state index in [1.807, 2.05) is 0 Å². The second kappa shape index (κ2) is 5.15. The molecule has 0 unspecified atom stereocenters. The van der Waals surface area contributed by atoms with E-state index >= 15 is 0 Å². The van der Waals surface area contributed by atoms with Crippen LogP contribution in [-0.4, -0.2) is 31.4 Å². The molecule has 1 heterocycles. The van der Waals surface area contributed by atoms with Gasteiger partial charge in [0.05, 0.1) is 0 Å². The fourth-order valence-corrected chi connectivity index (χ4v) is 0.175. The van der Waals surface area contributed by atoms with E-state index in [1.54, 1.807) is 6.92 Å². The van der Waals surface area contributed by atoms with Crippen LogP contribution in [0, 0.1) is 0 Å². The number of tetrazole rings is 1. The van der Waals surface area contributed by atoms with Gasteiger partial charge < -0.3 is 10.9 Å². The first-order valence-electron chi connectivity index (χ1n) is 2.86. The molecule has 0 aliphatic carbocycles. The first-order valence-corrected chi connectivity index (χ1v) is 2.86. The summed E-state index contributed by atoms with van der Waals surface area (Å²) in [7, 11) is 0. The molecule has 0 spiro atoms. The SMILES string of the molecule is CCC(=O)O.Nn1ncnn1. The Hall–Kier alpha value is -1.66. The van der Waals surface area contributed by atoms with Crippen molar-refractivity contribution in [2.24, 2.45) is 0 Å². The number of aromatic nitrogens is 4. The van der Waals surface area contributed by atoms with Gasteiger partial charge in [0.15, 0.2) is 6.33 Å². The van der Waals surface area contributed by atoms with E-state index in [9.17, 15) is 4.79 Å². The van der Waals surface area contributed by atoms with Crippen LogP contribution in [0.5, 0.6) is 0 Å². The Morgan fingerprint density at radius 2 is 2.36 bits per heavy atom. The van der Waals surface area contributed by atoms with Gasteiger partial charge in [-0.05, 0) is 5.21 Å². The van der Waals surface area contributed by atoms with Gasteiger partial charge in [0.25, 0.3) is 0 Å². The molecule has 0 fully saturated rings. The van der Waals surface area contributed by atoms with Gasteiger partial charge in [0, 0.05) is 6.42 Å². The summed E-state index contributed by atoms with van der Waals surface area (Å²) in [6.07, 6.45) is 1.49. The van der Waals surface area contributed by atoms with E-state index in [0.29, 0.717) is 0 Å². The number of carboxylic acids is 1. The lowest BCUT2D eigenvalue weighted by Gasteiger charge is -1.73. The Kier molecular flexibility index (Phi) is 4.37. The molecule has 0 saturated heterocycles. The smallest absolute Gasteiger partial charge is 0.303 e. The largest absolute Gasteiger partial charge is 0.481 e. The van der Waals surface area contributed by atoms with Crippen LogP contribution in [0.1, 0.15) is 13.3 Å². The minimum atomic E-state index is -0.745. The van der Waals surface area contributed by atoms with E-state index in [0.717, 1.165) is 4.91 Å². The van der Waals surface area contributed by atoms with Crippen molar-refractivity contribution >= 4 is 5.97 Å². The van der Waals surface area contributed by atoms with Crippen molar-refractivity contribution in [2.45, 2.75) is 13.3 Å². The highest BCUT2D eigenvalue weighted by molar-refractivity contribution is 5.66. The monoisotopic (exact) mass is 159 g/mol. The molecule has 0 aliphatic heterocycles. The van der Waals surface area contributed by atoms with Gasteiger partial charge >= 0.3 is 5.97 Å². The predicted molar refractivity (Wildman–Crippen MR) is 35.9 cm³/mol. The highest BCUT2D eigenvalue weighted by Gasteiger charge is 1.80. The summed E-state index contributed by atoms with van der Waals surface area (Å²) in [4.78, 5) is 10.3. The van der Waals surface area contributed by atoms with E-state index in [1.165, 1.54) is 6.33 Å². The molecule has 0 bridgehead atoms. The van der Waals surface area contributed by atoms with Crippen molar-refractivity contribution in [3.05, 3.63) is 6.33 Å². The quantitative estimate of drug-likeness (QED) is 0.502. The van der Waals surface area contributed by atoms with Gasteiger partial charge in [-0.25, -0.2) is 0 Å². The molecule has 11 heavy (non-hydrogen) atoms. The number of hydrogen-bond donors (Lipinski definition) is 2. The molecule has 0 saturated carbocycles. The van der Waals surface area contributed by atoms with Crippen molar-refractivity contribution in [3.8, 4) is 0 Å². The van der Waals surface area contributed by atoms with Gasteiger partial charge in [0.2, 0.25) is 0 Å². The lowest BCUT2D eigenvalue weighted by molar-refractivity contribution is -0.136. The molecular formula is C4H9N5O2. The molecule has 1 rings (SSSR count). The summed E-state index contributed by atoms with van der Waals surface area (Å²) in [5, 5.41) is 17.7. The van der Waals surface area contributed by atoms with Crippen molar-refractivity contribution in [1.29, 1.82) is 0 Å². The Labute approximate surface area is 62.8 Å². The minimum absolute atomic E-state index is 0.222. The maximum atomic E-state index is 9.37. The van der Waals surface area contributed by atoms with Gasteiger partial charge in [-0.3, -0.25) is 4.79 Å². The number of nitrogens with two attached hydrogens (primary N) is 1. The first kappa shape index (κ1) is 9.34. The van der Waals surface area contributed by atoms with Crippen LogP contribution >= 0.6 is 0 Å². The highest BCUT2D eigenvalue weighted by Crippen LogP contribution is 1.67. The fourth-order valence-electron chi connectivity index (χ4n) is 0.175. The van der Waals surface area contributed by atoms with Gasteiger partial charge in [0.1, 0.15) is 0 Å². The fraction of sp³-hybridized carbons (Fsp3) is 0.500. The van der Waals surface area contributed by atoms with Gasteiger partial charge in [-0.15, -0.1) is 10.2 Å². The number of carboxylic acid groups (broad SMARTS) is 1. The van der Waals surface area contributed by atoms with Gasteiger partial charge in [-0.1, -0.05) is 11.8 Å². The van der Waals surface area contributed by atoms with Crippen LogP contribution in [0.2, 0.25) is 0 Å². The summed E-state index contributed by atoms with van der Waals surface area (Å²) in [6, 6.07) is 0. The second-order valence-corrected chi connectivity index (χ2v) is 1.50. The Bertz CT molecular complexity index is 196. The summed E-state index contributed by atoms with van der Waals surface area (Å²) >= 11 is 0. The van der Waals surface area contributed by atoms with Crippen LogP contribution in [0.25, 0.3) is 0 Å². The molecule has 1 aromatic heterocycles. The van der Waals surface area contributed by atoms with Crippen LogP contribution in [0.3, 0.4) is 0 Å². The number of hydrogen-bond acceptors (Lipinski definition) is 5. The van der Waals surface area contributed by atoms with Crippen molar-refractivity contribution in [2.75, 3.05) is 5.84 Å². The molecular weight excluding hydrogens is 150 g/mol. The minimum Gasteiger partial charge on any atom is -0.481 e. The van der Waals surface area contributed by atoms with Crippen LogP contribution < -0.4 is 5.84 Å². The van der Waals surface area contributed by atoms with Crippen molar-refractivity contribution < 1.29 is 9.90 Å². The van der Waals surface area contributed by atoms with Gasteiger partial charge in [-0.2, -0.15) is 0 Å². The summed E-state index contributed by atoms with van der Waals surface area (Å²) in [5.74, 6) is 4.16. The standard InChI is InChI=1S/C3H6O2.CH3N5/c1-2-3(4)5;2-6-4-1-3-5-6/h2H2,1H3,(H,4,5);1H,2H2. The van der Waals surface area contributed by atoms with Crippen LogP contribution in [-0.2, 0) is 4.79 Å². The third-order valence-electron chi connectivity index (χ3n) is 0.667. The normalized spacial score (nSPS) is 8.09. The third kappa shape index (κ3) is 6.22. The molecule has 0 aromatic carbocycles. The molecule has 62 valence electrons. The maximum absolute atomic E-state index is 9.37. The maximum Gasteiger partial charge on any atom is 0.303 e. The second-order valence-electron chi connectivity index (χ2n) is 1.50. The number of rotatable bonds is 1. The molecule has 7 heteroatoms. The molecule has 3 N–H and O–H groups in total. The molecule has 7 nitrogen and oxygen atoms in total. The van der Waals surface area contributed by atoms with Crippen LogP contribution in [0.15, 0.2) is 6.33 Å².